The van der Waals surface area contributed by atoms with Crippen LogP contribution in [0.3, 0.4) is 0 Å². The van der Waals surface area contributed by atoms with Crippen LogP contribution in [0.2, 0.25) is 0 Å². The highest BCUT2D eigenvalue weighted by Gasteiger charge is 2.23. The summed E-state index contributed by atoms with van der Waals surface area (Å²) in [6, 6.07) is 11.3. The van der Waals surface area contributed by atoms with Gasteiger partial charge >= 0.3 is 0 Å². The molecule has 2 aromatic carbocycles. The third kappa shape index (κ3) is 4.05. The number of amides is 2. The van der Waals surface area contributed by atoms with Crippen molar-refractivity contribution >= 4 is 17.5 Å². The molecule has 1 aliphatic carbocycles. The van der Waals surface area contributed by atoms with Crippen molar-refractivity contribution in [2.75, 3.05) is 19.5 Å². The van der Waals surface area contributed by atoms with Gasteiger partial charge in [0.2, 0.25) is 5.91 Å². The molecule has 3 rings (SSSR count). The van der Waals surface area contributed by atoms with Crippen LogP contribution in [0.25, 0.3) is 0 Å². The summed E-state index contributed by atoms with van der Waals surface area (Å²) in [4.78, 5) is 24.5. The van der Waals surface area contributed by atoms with Crippen LogP contribution in [0.4, 0.5) is 5.69 Å². The molecule has 0 aromatic heterocycles. The van der Waals surface area contributed by atoms with Gasteiger partial charge < -0.3 is 20.5 Å². The monoisotopic (exact) mass is 368 g/mol. The van der Waals surface area contributed by atoms with Gasteiger partial charge in [0.1, 0.15) is 0 Å². The lowest BCUT2D eigenvalue weighted by Gasteiger charge is -2.25. The van der Waals surface area contributed by atoms with Gasteiger partial charge in [0.25, 0.3) is 5.91 Å². The van der Waals surface area contributed by atoms with Crippen LogP contribution in [0.15, 0.2) is 36.4 Å². The van der Waals surface area contributed by atoms with Crippen LogP contribution in [-0.2, 0) is 11.2 Å². The van der Waals surface area contributed by atoms with E-state index in [9.17, 15) is 9.59 Å². The summed E-state index contributed by atoms with van der Waals surface area (Å²) >= 11 is 0. The second-order valence-electron chi connectivity index (χ2n) is 6.66. The van der Waals surface area contributed by atoms with Crippen molar-refractivity contribution in [2.45, 2.75) is 31.6 Å². The smallest absolute Gasteiger partial charge is 0.250 e. The van der Waals surface area contributed by atoms with Crippen LogP contribution in [0.5, 0.6) is 11.5 Å². The van der Waals surface area contributed by atoms with Crippen LogP contribution < -0.4 is 20.5 Å². The molecule has 2 amide bonds. The first-order valence-corrected chi connectivity index (χ1v) is 8.97. The minimum atomic E-state index is -0.644. The minimum absolute atomic E-state index is 0.161. The number of fused-ring (bicyclic) bond motifs is 1. The maximum Gasteiger partial charge on any atom is 0.250 e. The molecule has 2 aromatic rings. The highest BCUT2D eigenvalue weighted by Crippen LogP contribution is 2.36. The Morgan fingerprint density at radius 2 is 1.85 bits per heavy atom. The number of hydrogen-bond acceptors (Lipinski definition) is 4. The second kappa shape index (κ2) is 8.12. The molecule has 0 saturated heterocycles. The van der Waals surface area contributed by atoms with E-state index in [2.05, 4.69) is 17.4 Å². The number of nitrogens with two attached hydrogens (primary N) is 1. The quantitative estimate of drug-likeness (QED) is 0.819. The summed E-state index contributed by atoms with van der Waals surface area (Å²) in [5.74, 6) is 0.166. The van der Waals surface area contributed by atoms with Gasteiger partial charge in [-0.1, -0.05) is 24.3 Å². The molecular weight excluding hydrogens is 344 g/mol. The van der Waals surface area contributed by atoms with Crippen molar-refractivity contribution in [3.8, 4) is 11.5 Å². The number of carbonyl (C=O) groups is 2. The normalized spacial score (nSPS) is 15.6. The van der Waals surface area contributed by atoms with Crippen molar-refractivity contribution in [1.82, 2.24) is 0 Å². The molecule has 27 heavy (non-hydrogen) atoms. The van der Waals surface area contributed by atoms with Crippen LogP contribution in [0.1, 0.15) is 46.7 Å². The molecule has 0 heterocycles. The molecule has 0 fully saturated rings. The summed E-state index contributed by atoms with van der Waals surface area (Å²) in [5, 5.41) is 2.82. The van der Waals surface area contributed by atoms with E-state index >= 15 is 0 Å². The van der Waals surface area contributed by atoms with Gasteiger partial charge in [0, 0.05) is 12.5 Å². The molecule has 1 atom stereocenters. The summed E-state index contributed by atoms with van der Waals surface area (Å²) in [7, 11) is 2.97. The Morgan fingerprint density at radius 1 is 1.15 bits per heavy atom. The number of nitrogens with one attached hydrogen (secondary N) is 1. The highest BCUT2D eigenvalue weighted by atomic mass is 16.5. The zero-order valence-corrected chi connectivity index (χ0v) is 15.6. The molecular formula is C21H24N2O4. The number of methoxy groups -OCH3 is 2. The molecule has 0 aliphatic heterocycles. The number of rotatable bonds is 6. The Bertz CT molecular complexity index is 863. The molecule has 6 nitrogen and oxygen atoms in total. The largest absolute Gasteiger partial charge is 0.493 e. The van der Waals surface area contributed by atoms with E-state index < -0.39 is 5.91 Å². The second-order valence-corrected chi connectivity index (χ2v) is 6.66. The van der Waals surface area contributed by atoms with Gasteiger partial charge in [-0.25, -0.2) is 0 Å². The molecule has 0 bridgehead atoms. The minimum Gasteiger partial charge on any atom is -0.493 e. The average Bonchev–Trinajstić information content (AvgIpc) is 2.67. The van der Waals surface area contributed by atoms with Crippen molar-refractivity contribution in [3.05, 3.63) is 53.1 Å². The fraction of sp³-hybridized carbons (Fsp3) is 0.333. The van der Waals surface area contributed by atoms with Crippen LogP contribution in [-0.4, -0.2) is 26.0 Å². The zero-order chi connectivity index (χ0) is 19.4. The van der Waals surface area contributed by atoms with E-state index in [0.29, 0.717) is 23.6 Å². The Morgan fingerprint density at radius 3 is 2.56 bits per heavy atom. The van der Waals surface area contributed by atoms with E-state index in [1.54, 1.807) is 6.07 Å². The number of aryl methyl sites for hydroxylation is 1. The maximum atomic E-state index is 12.7. The number of anilines is 1. The first-order chi connectivity index (χ1) is 13.0. The van der Waals surface area contributed by atoms with Gasteiger partial charge in [0.15, 0.2) is 11.5 Å². The fourth-order valence-electron chi connectivity index (χ4n) is 3.68. The molecule has 142 valence electrons. The number of carbonyl (C=O) groups excluding carboxylic acids is 2. The molecule has 6 heteroatoms. The standard InChI is InChI=1S/C21H24N2O4/c1-26-18-11-16(21(22)25)17(12-19(18)27-2)23-20(24)10-14-8-5-7-13-6-3-4-9-15(13)14/h3-4,6,9,11-12,14H,5,7-8,10H2,1-2H3,(H2,22,25)(H,23,24). The van der Waals surface area contributed by atoms with E-state index in [4.69, 9.17) is 15.2 Å². The first-order valence-electron chi connectivity index (χ1n) is 8.97. The van der Waals surface area contributed by atoms with Gasteiger partial charge in [-0.3, -0.25) is 9.59 Å². The van der Waals surface area contributed by atoms with Crippen molar-refractivity contribution in [3.63, 3.8) is 0 Å². The van der Waals surface area contributed by atoms with E-state index in [-0.39, 0.29) is 17.4 Å². The average molecular weight is 368 g/mol. The predicted octanol–water partition coefficient (Wildman–Crippen LogP) is 3.25. The highest BCUT2D eigenvalue weighted by molar-refractivity contribution is 6.04. The predicted molar refractivity (Wildman–Crippen MR) is 103 cm³/mol. The molecule has 0 saturated carbocycles. The van der Waals surface area contributed by atoms with Gasteiger partial charge in [-0.2, -0.15) is 0 Å². The Labute approximate surface area is 158 Å². The van der Waals surface area contributed by atoms with Crippen molar-refractivity contribution < 1.29 is 19.1 Å². The SMILES string of the molecule is COc1cc(NC(=O)CC2CCCc3ccccc32)c(C(N)=O)cc1OC. The molecule has 0 radical (unpaired) electrons. The third-order valence-electron chi connectivity index (χ3n) is 4.99. The summed E-state index contributed by atoms with van der Waals surface area (Å²) in [6.45, 7) is 0. The lowest BCUT2D eigenvalue weighted by Crippen LogP contribution is -2.21. The van der Waals surface area contributed by atoms with E-state index in [1.807, 2.05) is 12.1 Å². The van der Waals surface area contributed by atoms with Crippen molar-refractivity contribution in [2.24, 2.45) is 5.73 Å². The summed E-state index contributed by atoms with van der Waals surface area (Å²) in [5.41, 5.74) is 8.53. The number of primary amides is 1. The Balaban J connectivity index is 1.81. The van der Waals surface area contributed by atoms with Crippen LogP contribution in [0, 0.1) is 0 Å². The van der Waals surface area contributed by atoms with Gasteiger partial charge in [-0.05, 0) is 42.4 Å². The van der Waals surface area contributed by atoms with E-state index in [0.717, 1.165) is 19.3 Å². The topological polar surface area (TPSA) is 90.6 Å². The molecule has 1 aliphatic rings. The molecule has 1 unspecified atom stereocenters. The third-order valence-corrected chi connectivity index (χ3v) is 4.99. The maximum absolute atomic E-state index is 12.7. The zero-order valence-electron chi connectivity index (χ0n) is 15.6. The fourth-order valence-corrected chi connectivity index (χ4v) is 3.68. The van der Waals surface area contributed by atoms with Gasteiger partial charge in [0.05, 0.1) is 25.5 Å². The number of benzene rings is 2. The first kappa shape index (κ1) is 18.8. The van der Waals surface area contributed by atoms with Gasteiger partial charge in [-0.15, -0.1) is 0 Å². The van der Waals surface area contributed by atoms with Crippen molar-refractivity contribution in [1.29, 1.82) is 0 Å². The molecule has 3 N–H and O–H groups in total. The summed E-state index contributed by atoms with van der Waals surface area (Å²) < 4.78 is 10.5. The number of hydrogen-bond donors (Lipinski definition) is 2. The number of ether oxygens (including phenoxy) is 2. The summed E-state index contributed by atoms with van der Waals surface area (Å²) in [6.07, 6.45) is 3.44. The lowest BCUT2D eigenvalue weighted by atomic mass is 9.81. The Kier molecular flexibility index (Phi) is 5.64. The van der Waals surface area contributed by atoms with E-state index in [1.165, 1.54) is 31.4 Å². The Hall–Kier alpha value is -3.02. The van der Waals surface area contributed by atoms with Crippen LogP contribution >= 0.6 is 0 Å². The molecule has 0 spiro atoms. The lowest BCUT2D eigenvalue weighted by molar-refractivity contribution is -0.116.